The van der Waals surface area contributed by atoms with Crippen LogP contribution in [0.15, 0.2) is 24.3 Å². The van der Waals surface area contributed by atoms with Crippen molar-refractivity contribution in [2.45, 2.75) is 39.5 Å². The molecular formula is C16H28N2O. The van der Waals surface area contributed by atoms with Crippen LogP contribution < -0.4 is 5.32 Å². The van der Waals surface area contributed by atoms with E-state index in [1.807, 2.05) is 0 Å². The number of nitrogens with zero attached hydrogens (tertiary/aromatic N) is 1. The van der Waals surface area contributed by atoms with Crippen molar-refractivity contribution in [3.05, 3.63) is 35.4 Å². The summed E-state index contributed by atoms with van der Waals surface area (Å²) in [6, 6.07) is 9.01. The highest BCUT2D eigenvalue weighted by Crippen LogP contribution is 2.10. The molecule has 0 saturated heterocycles. The smallest absolute Gasteiger partial charge is 0.0720 e. The van der Waals surface area contributed by atoms with Crippen molar-refractivity contribution in [3.8, 4) is 0 Å². The Hall–Kier alpha value is -0.900. The molecule has 3 nitrogen and oxygen atoms in total. The molecule has 0 atom stereocenters. The van der Waals surface area contributed by atoms with E-state index in [4.69, 9.17) is 4.74 Å². The molecule has 0 aromatic heterocycles. The first-order valence-electron chi connectivity index (χ1n) is 7.12. The Labute approximate surface area is 118 Å². The van der Waals surface area contributed by atoms with Crippen molar-refractivity contribution in [1.82, 2.24) is 10.2 Å². The molecule has 0 saturated carbocycles. The van der Waals surface area contributed by atoms with Gasteiger partial charge < -0.3 is 15.0 Å². The predicted molar refractivity (Wildman–Crippen MR) is 81.2 cm³/mol. The van der Waals surface area contributed by atoms with Crippen LogP contribution in [0.25, 0.3) is 0 Å². The highest BCUT2D eigenvalue weighted by Gasteiger charge is 2.02. The minimum absolute atomic E-state index is 0.508. The molecule has 1 aromatic carbocycles. The second kappa shape index (κ2) is 9.08. The Balaban J connectivity index is 2.35. The van der Waals surface area contributed by atoms with E-state index in [1.165, 1.54) is 11.1 Å². The minimum atomic E-state index is 0.508. The quantitative estimate of drug-likeness (QED) is 0.694. The number of nitrogens with one attached hydrogen (secondary N) is 1. The molecule has 0 aliphatic carbocycles. The van der Waals surface area contributed by atoms with Crippen LogP contribution in [0.3, 0.4) is 0 Å². The zero-order chi connectivity index (χ0) is 14.1. The standard InChI is InChI=1S/C16H28N2O/c1-14(2)17-12-15-8-5-6-9-16(15)13-19-11-7-10-18(3)4/h5-6,8-9,14,17H,7,10-13H2,1-4H3. The molecule has 108 valence electrons. The Morgan fingerprint density at radius 1 is 1.16 bits per heavy atom. The normalized spacial score (nSPS) is 11.5. The molecule has 0 spiro atoms. The van der Waals surface area contributed by atoms with Gasteiger partial charge in [-0.25, -0.2) is 0 Å². The molecule has 0 fully saturated rings. The zero-order valence-electron chi connectivity index (χ0n) is 12.8. The minimum Gasteiger partial charge on any atom is -0.377 e. The number of rotatable bonds is 9. The molecule has 0 amide bonds. The molecule has 0 aliphatic heterocycles. The summed E-state index contributed by atoms with van der Waals surface area (Å²) in [5.74, 6) is 0. The predicted octanol–water partition coefficient (Wildman–Crippen LogP) is 2.65. The lowest BCUT2D eigenvalue weighted by molar-refractivity contribution is 0.112. The number of hydrogen-bond acceptors (Lipinski definition) is 3. The lowest BCUT2D eigenvalue weighted by Gasteiger charge is -2.13. The maximum atomic E-state index is 5.76. The first-order valence-corrected chi connectivity index (χ1v) is 7.12. The third kappa shape index (κ3) is 7.31. The van der Waals surface area contributed by atoms with Crippen LogP contribution in [-0.4, -0.2) is 38.2 Å². The fraction of sp³-hybridized carbons (Fsp3) is 0.625. The molecule has 1 aromatic rings. The summed E-state index contributed by atoms with van der Waals surface area (Å²) >= 11 is 0. The van der Waals surface area contributed by atoms with Crippen LogP contribution in [-0.2, 0) is 17.9 Å². The van der Waals surface area contributed by atoms with Gasteiger partial charge in [0.05, 0.1) is 6.61 Å². The first kappa shape index (κ1) is 16.2. The van der Waals surface area contributed by atoms with Crippen molar-refractivity contribution in [3.63, 3.8) is 0 Å². The summed E-state index contributed by atoms with van der Waals surface area (Å²) in [7, 11) is 4.18. The zero-order valence-corrected chi connectivity index (χ0v) is 12.8. The summed E-state index contributed by atoms with van der Waals surface area (Å²) in [6.45, 7) is 7.86. The van der Waals surface area contributed by atoms with Crippen LogP contribution in [0.1, 0.15) is 31.4 Å². The summed E-state index contributed by atoms with van der Waals surface area (Å²) < 4.78 is 5.76. The molecule has 0 bridgehead atoms. The van der Waals surface area contributed by atoms with Gasteiger partial charge in [-0.05, 0) is 38.2 Å². The first-order chi connectivity index (χ1) is 9.09. The molecule has 1 rings (SSSR count). The summed E-state index contributed by atoms with van der Waals surface area (Å²) in [4.78, 5) is 2.18. The number of benzene rings is 1. The molecule has 19 heavy (non-hydrogen) atoms. The van der Waals surface area contributed by atoms with Gasteiger partial charge in [0.25, 0.3) is 0 Å². The monoisotopic (exact) mass is 264 g/mol. The van der Waals surface area contributed by atoms with E-state index < -0.39 is 0 Å². The summed E-state index contributed by atoms with van der Waals surface area (Å²) in [5.41, 5.74) is 2.63. The van der Waals surface area contributed by atoms with Gasteiger partial charge in [0.2, 0.25) is 0 Å². The third-order valence-corrected chi connectivity index (χ3v) is 2.97. The molecule has 1 N–H and O–H groups in total. The molecule has 0 aliphatic rings. The number of ether oxygens (including phenoxy) is 1. The van der Waals surface area contributed by atoms with Gasteiger partial charge in [0.1, 0.15) is 0 Å². The van der Waals surface area contributed by atoms with E-state index in [0.29, 0.717) is 12.6 Å². The molecular weight excluding hydrogens is 236 g/mol. The highest BCUT2D eigenvalue weighted by atomic mass is 16.5. The van der Waals surface area contributed by atoms with Gasteiger partial charge in [-0.1, -0.05) is 38.1 Å². The second-order valence-electron chi connectivity index (χ2n) is 5.51. The van der Waals surface area contributed by atoms with Crippen molar-refractivity contribution in [2.75, 3.05) is 27.2 Å². The van der Waals surface area contributed by atoms with Crippen LogP contribution in [0, 0.1) is 0 Å². The fourth-order valence-corrected chi connectivity index (χ4v) is 1.85. The lowest BCUT2D eigenvalue weighted by atomic mass is 10.1. The molecule has 3 heteroatoms. The van der Waals surface area contributed by atoms with Gasteiger partial charge in [-0.2, -0.15) is 0 Å². The maximum absolute atomic E-state index is 5.76. The fourth-order valence-electron chi connectivity index (χ4n) is 1.85. The van der Waals surface area contributed by atoms with Gasteiger partial charge >= 0.3 is 0 Å². The van der Waals surface area contributed by atoms with Gasteiger partial charge in [0, 0.05) is 19.2 Å². The topological polar surface area (TPSA) is 24.5 Å². The molecule has 0 unspecified atom stereocenters. The Morgan fingerprint density at radius 3 is 2.47 bits per heavy atom. The highest BCUT2D eigenvalue weighted by molar-refractivity contribution is 5.26. The Kier molecular flexibility index (Phi) is 7.72. The SMILES string of the molecule is CC(C)NCc1ccccc1COCCCN(C)C. The van der Waals surface area contributed by atoms with Gasteiger partial charge in [0.15, 0.2) is 0 Å². The van der Waals surface area contributed by atoms with Gasteiger partial charge in [-0.3, -0.25) is 0 Å². The van der Waals surface area contributed by atoms with Crippen molar-refractivity contribution in [1.29, 1.82) is 0 Å². The Bertz CT molecular complexity index is 350. The van der Waals surface area contributed by atoms with E-state index in [1.54, 1.807) is 0 Å². The molecule has 0 heterocycles. The van der Waals surface area contributed by atoms with E-state index in [0.717, 1.165) is 26.1 Å². The second-order valence-corrected chi connectivity index (χ2v) is 5.51. The largest absolute Gasteiger partial charge is 0.377 e. The van der Waals surface area contributed by atoms with Crippen LogP contribution in [0.4, 0.5) is 0 Å². The van der Waals surface area contributed by atoms with E-state index in [9.17, 15) is 0 Å². The number of hydrogen-bond donors (Lipinski definition) is 1. The van der Waals surface area contributed by atoms with Crippen molar-refractivity contribution < 1.29 is 4.74 Å². The maximum Gasteiger partial charge on any atom is 0.0720 e. The van der Waals surface area contributed by atoms with E-state index in [2.05, 4.69) is 62.4 Å². The van der Waals surface area contributed by atoms with Crippen LogP contribution in [0.5, 0.6) is 0 Å². The summed E-state index contributed by atoms with van der Waals surface area (Å²) in [5, 5.41) is 3.46. The van der Waals surface area contributed by atoms with Crippen LogP contribution in [0.2, 0.25) is 0 Å². The lowest BCUT2D eigenvalue weighted by Crippen LogP contribution is -2.22. The molecule has 0 radical (unpaired) electrons. The van der Waals surface area contributed by atoms with Crippen LogP contribution >= 0.6 is 0 Å². The average Bonchev–Trinajstić information content (AvgIpc) is 2.36. The van der Waals surface area contributed by atoms with Crippen molar-refractivity contribution in [2.24, 2.45) is 0 Å². The van der Waals surface area contributed by atoms with E-state index in [-0.39, 0.29) is 0 Å². The van der Waals surface area contributed by atoms with Crippen molar-refractivity contribution >= 4 is 0 Å². The summed E-state index contributed by atoms with van der Waals surface area (Å²) in [6.07, 6.45) is 1.08. The average molecular weight is 264 g/mol. The third-order valence-electron chi connectivity index (χ3n) is 2.97. The Morgan fingerprint density at radius 2 is 1.84 bits per heavy atom. The van der Waals surface area contributed by atoms with Gasteiger partial charge in [-0.15, -0.1) is 0 Å². The van der Waals surface area contributed by atoms with E-state index >= 15 is 0 Å².